The van der Waals surface area contributed by atoms with Crippen LogP contribution in [0.5, 0.6) is 0 Å². The first-order valence-electron chi connectivity index (χ1n) is 6.60. The van der Waals surface area contributed by atoms with Crippen molar-refractivity contribution >= 4 is 0 Å². The van der Waals surface area contributed by atoms with Gasteiger partial charge in [-0.15, -0.1) is 0 Å². The Labute approximate surface area is 113 Å². The highest BCUT2D eigenvalue weighted by Crippen LogP contribution is 2.10. The minimum absolute atomic E-state index is 0.373. The van der Waals surface area contributed by atoms with Crippen LogP contribution >= 0.6 is 0 Å². The fraction of sp³-hybridized carbons (Fsp3) is 0.500. The molecule has 0 unspecified atom stereocenters. The first-order valence-corrected chi connectivity index (χ1v) is 6.60. The Kier molecular flexibility index (Phi) is 4.27. The van der Waals surface area contributed by atoms with E-state index in [1.807, 2.05) is 26.2 Å². The van der Waals surface area contributed by atoms with Crippen molar-refractivity contribution in [3.8, 4) is 0 Å². The van der Waals surface area contributed by atoms with Gasteiger partial charge in [0.1, 0.15) is 5.82 Å². The largest absolute Gasteiger partial charge is 0.308 e. The van der Waals surface area contributed by atoms with Gasteiger partial charge >= 0.3 is 0 Å². The molecule has 0 bridgehead atoms. The molecule has 0 fully saturated rings. The molecule has 2 heterocycles. The predicted octanol–water partition coefficient (Wildman–Crippen LogP) is 2.23. The zero-order valence-corrected chi connectivity index (χ0v) is 12.0. The Morgan fingerprint density at radius 3 is 2.37 bits per heavy atom. The first kappa shape index (κ1) is 13.7. The molecule has 2 aromatic heterocycles. The average molecular weight is 259 g/mol. The van der Waals surface area contributed by atoms with Gasteiger partial charge in [0.15, 0.2) is 0 Å². The van der Waals surface area contributed by atoms with Gasteiger partial charge in [0, 0.05) is 48.2 Å². The maximum atomic E-state index is 4.36. The van der Waals surface area contributed by atoms with E-state index in [4.69, 9.17) is 0 Å². The van der Waals surface area contributed by atoms with Gasteiger partial charge in [0.25, 0.3) is 0 Å². The fourth-order valence-corrected chi connectivity index (χ4v) is 1.92. The van der Waals surface area contributed by atoms with Gasteiger partial charge in [-0.05, 0) is 13.8 Å². The van der Waals surface area contributed by atoms with Crippen molar-refractivity contribution in [1.29, 1.82) is 0 Å². The summed E-state index contributed by atoms with van der Waals surface area (Å²) in [5.74, 6) is 1.27. The van der Waals surface area contributed by atoms with Crippen molar-refractivity contribution in [3.05, 3.63) is 40.7 Å². The number of aromatic nitrogens is 4. The Morgan fingerprint density at radius 2 is 1.84 bits per heavy atom. The van der Waals surface area contributed by atoms with Gasteiger partial charge in [0.2, 0.25) is 0 Å². The standard InChI is InChI=1S/C14H21N5/c1-9(2)14-16-6-12(7-17-14)5-15-8-13-10(3)18-19-11(13)4/h6-7,9,15H,5,8H2,1-4H3,(H,18,19). The summed E-state index contributed by atoms with van der Waals surface area (Å²) in [7, 11) is 0. The molecule has 0 spiro atoms. The Hall–Kier alpha value is -1.75. The van der Waals surface area contributed by atoms with Crippen LogP contribution in [0.25, 0.3) is 0 Å². The molecule has 0 aliphatic rings. The van der Waals surface area contributed by atoms with Crippen LogP contribution < -0.4 is 5.32 Å². The summed E-state index contributed by atoms with van der Waals surface area (Å²) >= 11 is 0. The van der Waals surface area contributed by atoms with E-state index in [0.717, 1.165) is 35.9 Å². The van der Waals surface area contributed by atoms with Gasteiger partial charge in [-0.3, -0.25) is 5.10 Å². The maximum Gasteiger partial charge on any atom is 0.130 e. The van der Waals surface area contributed by atoms with Crippen molar-refractivity contribution < 1.29 is 0 Å². The normalized spacial score (nSPS) is 11.2. The summed E-state index contributed by atoms with van der Waals surface area (Å²) in [6.45, 7) is 9.82. The number of hydrogen-bond acceptors (Lipinski definition) is 4. The summed E-state index contributed by atoms with van der Waals surface area (Å²) in [6, 6.07) is 0. The van der Waals surface area contributed by atoms with Crippen LogP contribution in [0.1, 0.15) is 48.1 Å². The van der Waals surface area contributed by atoms with E-state index in [-0.39, 0.29) is 0 Å². The summed E-state index contributed by atoms with van der Waals surface area (Å²) in [4.78, 5) is 8.72. The molecule has 102 valence electrons. The number of nitrogens with one attached hydrogen (secondary N) is 2. The number of hydrogen-bond donors (Lipinski definition) is 2. The second-order valence-corrected chi connectivity index (χ2v) is 5.12. The topological polar surface area (TPSA) is 66.5 Å². The zero-order chi connectivity index (χ0) is 13.8. The second-order valence-electron chi connectivity index (χ2n) is 5.12. The molecule has 0 amide bonds. The second kappa shape index (κ2) is 5.93. The van der Waals surface area contributed by atoms with Crippen LogP contribution in [-0.2, 0) is 13.1 Å². The minimum Gasteiger partial charge on any atom is -0.308 e. The van der Waals surface area contributed by atoms with E-state index in [0.29, 0.717) is 5.92 Å². The van der Waals surface area contributed by atoms with Crippen LogP contribution in [0.2, 0.25) is 0 Å². The fourth-order valence-electron chi connectivity index (χ4n) is 1.92. The smallest absolute Gasteiger partial charge is 0.130 e. The monoisotopic (exact) mass is 259 g/mol. The third kappa shape index (κ3) is 3.38. The van der Waals surface area contributed by atoms with Crippen molar-refractivity contribution in [2.75, 3.05) is 0 Å². The predicted molar refractivity (Wildman–Crippen MR) is 74.7 cm³/mol. The first-order chi connectivity index (χ1) is 9.08. The number of aromatic amines is 1. The van der Waals surface area contributed by atoms with Crippen LogP contribution in [0, 0.1) is 13.8 Å². The van der Waals surface area contributed by atoms with Gasteiger partial charge in [-0.25, -0.2) is 9.97 Å². The van der Waals surface area contributed by atoms with E-state index in [2.05, 4.69) is 39.3 Å². The van der Waals surface area contributed by atoms with Crippen molar-refractivity contribution in [2.45, 2.75) is 46.7 Å². The minimum atomic E-state index is 0.373. The van der Waals surface area contributed by atoms with Gasteiger partial charge < -0.3 is 5.32 Å². The zero-order valence-electron chi connectivity index (χ0n) is 12.0. The summed E-state index contributed by atoms with van der Waals surface area (Å²) in [5.41, 5.74) is 4.51. The summed E-state index contributed by atoms with van der Waals surface area (Å²) in [6.07, 6.45) is 3.79. The van der Waals surface area contributed by atoms with Crippen LogP contribution in [0.15, 0.2) is 12.4 Å². The highest BCUT2D eigenvalue weighted by atomic mass is 15.1. The summed E-state index contributed by atoms with van der Waals surface area (Å²) < 4.78 is 0. The molecule has 0 aliphatic heterocycles. The van der Waals surface area contributed by atoms with E-state index in [1.165, 1.54) is 5.56 Å². The molecule has 19 heavy (non-hydrogen) atoms. The molecule has 2 rings (SSSR count). The van der Waals surface area contributed by atoms with Crippen LogP contribution in [0.3, 0.4) is 0 Å². The lowest BCUT2D eigenvalue weighted by molar-refractivity contribution is 0.677. The Morgan fingerprint density at radius 1 is 1.16 bits per heavy atom. The molecule has 2 N–H and O–H groups in total. The lowest BCUT2D eigenvalue weighted by atomic mass is 10.2. The lowest BCUT2D eigenvalue weighted by Crippen LogP contribution is -2.14. The molecule has 0 aromatic carbocycles. The molecular weight excluding hydrogens is 238 g/mol. The van der Waals surface area contributed by atoms with Gasteiger partial charge in [0.05, 0.1) is 5.69 Å². The number of nitrogens with zero attached hydrogens (tertiary/aromatic N) is 3. The highest BCUT2D eigenvalue weighted by molar-refractivity contribution is 5.22. The van der Waals surface area contributed by atoms with Crippen LogP contribution in [-0.4, -0.2) is 20.2 Å². The van der Waals surface area contributed by atoms with Crippen LogP contribution in [0.4, 0.5) is 0 Å². The highest BCUT2D eigenvalue weighted by Gasteiger charge is 2.06. The van der Waals surface area contributed by atoms with Crippen molar-refractivity contribution in [2.24, 2.45) is 0 Å². The molecular formula is C14H21N5. The Bertz CT molecular complexity index is 508. The number of aryl methyl sites for hydroxylation is 2. The summed E-state index contributed by atoms with van der Waals surface area (Å²) in [5, 5.41) is 10.6. The molecule has 2 aromatic rings. The van der Waals surface area contributed by atoms with Crippen molar-refractivity contribution in [1.82, 2.24) is 25.5 Å². The molecule has 0 saturated heterocycles. The lowest BCUT2D eigenvalue weighted by Gasteiger charge is -2.07. The Balaban J connectivity index is 1.89. The molecule has 5 nitrogen and oxygen atoms in total. The SMILES string of the molecule is Cc1n[nH]c(C)c1CNCc1cnc(C(C)C)nc1. The molecule has 5 heteroatoms. The third-order valence-electron chi connectivity index (χ3n) is 3.15. The number of rotatable bonds is 5. The number of H-pyrrole nitrogens is 1. The molecule has 0 aliphatic carbocycles. The van der Waals surface area contributed by atoms with Gasteiger partial charge in [-0.2, -0.15) is 5.10 Å². The molecule has 0 atom stereocenters. The van der Waals surface area contributed by atoms with E-state index in [9.17, 15) is 0 Å². The van der Waals surface area contributed by atoms with E-state index < -0.39 is 0 Å². The maximum absolute atomic E-state index is 4.36. The average Bonchev–Trinajstić information content (AvgIpc) is 2.71. The molecule has 0 saturated carbocycles. The van der Waals surface area contributed by atoms with Crippen molar-refractivity contribution in [3.63, 3.8) is 0 Å². The van der Waals surface area contributed by atoms with Gasteiger partial charge in [-0.1, -0.05) is 13.8 Å². The molecule has 0 radical (unpaired) electrons. The van der Waals surface area contributed by atoms with E-state index >= 15 is 0 Å². The third-order valence-corrected chi connectivity index (χ3v) is 3.15. The quantitative estimate of drug-likeness (QED) is 0.864. The van der Waals surface area contributed by atoms with E-state index in [1.54, 1.807) is 0 Å².